The highest BCUT2D eigenvalue weighted by molar-refractivity contribution is 8.18. The Morgan fingerprint density at radius 2 is 2.13 bits per heavy atom. The van der Waals surface area contributed by atoms with Gasteiger partial charge in [-0.05, 0) is 30.4 Å². The van der Waals surface area contributed by atoms with Crippen molar-refractivity contribution in [2.75, 3.05) is 12.5 Å². The van der Waals surface area contributed by atoms with Crippen molar-refractivity contribution in [3.8, 4) is 0 Å². The molecule has 0 aromatic heterocycles. The molecule has 1 rings (SSSR count). The summed E-state index contributed by atoms with van der Waals surface area (Å²) in [5.74, 6) is 0. The number of hydrogen-bond donors (Lipinski definition) is 1. The molecule has 1 atom stereocenters. The molecule has 0 amide bonds. The van der Waals surface area contributed by atoms with Gasteiger partial charge in [-0.1, -0.05) is 35.5 Å². The molecule has 82 valence electrons. The van der Waals surface area contributed by atoms with Gasteiger partial charge in [-0.15, -0.1) is 0 Å². The topological polar surface area (TPSA) is 49.1 Å². The van der Waals surface area contributed by atoms with Gasteiger partial charge in [0.15, 0.2) is 0 Å². The largest absolute Gasteiger partial charge is 0.611 e. The van der Waals surface area contributed by atoms with Crippen LogP contribution in [0.4, 0.5) is 0 Å². The van der Waals surface area contributed by atoms with Gasteiger partial charge < -0.3 is 10.3 Å². The Kier molecular flexibility index (Phi) is 4.57. The van der Waals surface area contributed by atoms with Crippen LogP contribution >= 0.6 is 11.8 Å². The first-order valence-electron chi connectivity index (χ1n) is 4.50. The Morgan fingerprint density at radius 1 is 1.47 bits per heavy atom. The number of aryl methyl sites for hydroxylation is 1. The molecule has 15 heavy (non-hydrogen) atoms. The predicted octanol–water partition coefficient (Wildman–Crippen LogP) is 2.32. The quantitative estimate of drug-likeness (QED) is 0.826. The Morgan fingerprint density at radius 3 is 2.60 bits per heavy atom. The third-order valence-corrected chi connectivity index (χ3v) is 4.53. The van der Waals surface area contributed by atoms with Gasteiger partial charge in [0.25, 0.3) is 0 Å². The molecule has 1 aromatic carbocycles. The predicted molar refractivity (Wildman–Crippen MR) is 69.9 cm³/mol. The van der Waals surface area contributed by atoms with Crippen LogP contribution in [-0.2, 0) is 11.2 Å². The first-order chi connectivity index (χ1) is 7.06. The molecule has 0 saturated heterocycles. The van der Waals surface area contributed by atoms with Gasteiger partial charge >= 0.3 is 0 Å². The molecule has 0 bridgehead atoms. The Balaban J connectivity index is 3.16. The molecule has 0 heterocycles. The van der Waals surface area contributed by atoms with Crippen LogP contribution in [0.1, 0.15) is 11.1 Å². The summed E-state index contributed by atoms with van der Waals surface area (Å²) in [6.07, 6.45) is 3.54. The molecule has 1 unspecified atom stereocenters. The zero-order valence-corrected chi connectivity index (χ0v) is 10.7. The normalized spacial score (nSPS) is 14.7. The van der Waals surface area contributed by atoms with E-state index in [1.165, 1.54) is 11.8 Å². The molecule has 2 N–H and O–H groups in total. The van der Waals surface area contributed by atoms with Crippen molar-refractivity contribution < 1.29 is 4.55 Å². The summed E-state index contributed by atoms with van der Waals surface area (Å²) >= 11 is 0.418. The van der Waals surface area contributed by atoms with E-state index < -0.39 is 11.2 Å². The molecular weight excluding hydrogens is 226 g/mol. The van der Waals surface area contributed by atoms with Crippen LogP contribution in [0.15, 0.2) is 28.5 Å². The summed E-state index contributed by atoms with van der Waals surface area (Å²) in [5.41, 5.74) is 8.69. The Bertz CT molecular complexity index is 375. The van der Waals surface area contributed by atoms with E-state index in [-0.39, 0.29) is 0 Å². The second-order valence-electron chi connectivity index (χ2n) is 3.23. The molecule has 0 fully saturated rings. The van der Waals surface area contributed by atoms with E-state index in [4.69, 9.17) is 5.73 Å². The smallest absolute Gasteiger partial charge is 0.209 e. The van der Waals surface area contributed by atoms with E-state index in [0.717, 1.165) is 15.4 Å². The van der Waals surface area contributed by atoms with E-state index >= 15 is 0 Å². The zero-order chi connectivity index (χ0) is 11.4. The number of thioether (sulfide) groups is 1. The minimum absolute atomic E-state index is 0.618. The molecule has 0 aliphatic rings. The second kappa shape index (κ2) is 5.49. The zero-order valence-electron chi connectivity index (χ0n) is 9.11. The summed E-state index contributed by atoms with van der Waals surface area (Å²) in [6.45, 7) is 2.01. The van der Waals surface area contributed by atoms with Gasteiger partial charge in [-0.25, -0.2) is 0 Å². The fourth-order valence-electron chi connectivity index (χ4n) is 1.31. The van der Waals surface area contributed by atoms with E-state index in [1.54, 1.807) is 6.26 Å². The summed E-state index contributed by atoms with van der Waals surface area (Å²) in [4.78, 5) is 0. The standard InChI is InChI=1S/C11H15NOS2/c1-8-5-4-6-9(7-8)10(12)11(14-2)15(3)13/h4-7H,12H2,1-3H3. The van der Waals surface area contributed by atoms with Gasteiger partial charge in [-0.3, -0.25) is 0 Å². The number of hydrogen-bond acceptors (Lipinski definition) is 3. The van der Waals surface area contributed by atoms with E-state index in [0.29, 0.717) is 5.70 Å². The van der Waals surface area contributed by atoms with Crippen LogP contribution in [0.25, 0.3) is 5.70 Å². The lowest BCUT2D eigenvalue weighted by molar-refractivity contribution is 0.608. The lowest BCUT2D eigenvalue weighted by Gasteiger charge is -2.10. The molecule has 4 heteroatoms. The van der Waals surface area contributed by atoms with Crippen molar-refractivity contribution in [1.82, 2.24) is 0 Å². The fraction of sp³-hybridized carbons (Fsp3) is 0.273. The third kappa shape index (κ3) is 3.19. The molecule has 0 saturated carbocycles. The van der Waals surface area contributed by atoms with Crippen molar-refractivity contribution in [2.24, 2.45) is 5.73 Å². The fourth-order valence-corrected chi connectivity index (χ4v) is 3.02. The van der Waals surface area contributed by atoms with Crippen LogP contribution < -0.4 is 5.73 Å². The average Bonchev–Trinajstić information content (AvgIpc) is 2.18. The van der Waals surface area contributed by atoms with Crippen LogP contribution in [-0.4, -0.2) is 17.1 Å². The highest BCUT2D eigenvalue weighted by Crippen LogP contribution is 2.26. The molecule has 1 aromatic rings. The van der Waals surface area contributed by atoms with Crippen molar-refractivity contribution >= 4 is 28.6 Å². The van der Waals surface area contributed by atoms with E-state index in [1.807, 2.05) is 37.4 Å². The number of rotatable bonds is 3. The van der Waals surface area contributed by atoms with Gasteiger partial charge in [0.05, 0.1) is 0 Å². The number of nitrogens with two attached hydrogens (primary N) is 1. The maximum absolute atomic E-state index is 11.4. The van der Waals surface area contributed by atoms with Crippen molar-refractivity contribution in [1.29, 1.82) is 0 Å². The lowest BCUT2D eigenvalue weighted by atomic mass is 10.1. The van der Waals surface area contributed by atoms with Crippen LogP contribution in [0, 0.1) is 6.92 Å². The molecule has 0 aliphatic heterocycles. The van der Waals surface area contributed by atoms with Gasteiger partial charge in [-0.2, -0.15) is 0 Å². The van der Waals surface area contributed by atoms with Crippen molar-refractivity contribution in [3.05, 3.63) is 39.6 Å². The van der Waals surface area contributed by atoms with Crippen LogP contribution in [0.2, 0.25) is 0 Å². The highest BCUT2D eigenvalue weighted by Gasteiger charge is 2.14. The minimum atomic E-state index is -1.02. The molecular formula is C11H15NOS2. The molecule has 2 nitrogen and oxygen atoms in total. The minimum Gasteiger partial charge on any atom is -0.611 e. The van der Waals surface area contributed by atoms with E-state index in [2.05, 4.69) is 0 Å². The van der Waals surface area contributed by atoms with Crippen LogP contribution in [0.3, 0.4) is 0 Å². The van der Waals surface area contributed by atoms with Gasteiger partial charge in [0.1, 0.15) is 12.0 Å². The van der Waals surface area contributed by atoms with Crippen molar-refractivity contribution in [2.45, 2.75) is 6.92 Å². The summed E-state index contributed by atoms with van der Waals surface area (Å²) in [6, 6.07) is 7.90. The Labute approximate surface area is 98.1 Å². The maximum Gasteiger partial charge on any atom is 0.209 e. The van der Waals surface area contributed by atoms with Gasteiger partial charge in [0.2, 0.25) is 4.24 Å². The number of benzene rings is 1. The molecule has 0 spiro atoms. The third-order valence-electron chi connectivity index (χ3n) is 2.00. The highest BCUT2D eigenvalue weighted by atomic mass is 32.3. The van der Waals surface area contributed by atoms with Gasteiger partial charge in [0, 0.05) is 5.56 Å². The summed E-state index contributed by atoms with van der Waals surface area (Å²) in [7, 11) is 0. The maximum atomic E-state index is 11.4. The monoisotopic (exact) mass is 241 g/mol. The first kappa shape index (κ1) is 12.5. The summed E-state index contributed by atoms with van der Waals surface area (Å²) < 4.78 is 12.2. The Hall–Kier alpha value is -0.580. The lowest BCUT2D eigenvalue weighted by Crippen LogP contribution is -2.07. The molecule has 0 aliphatic carbocycles. The average molecular weight is 241 g/mol. The van der Waals surface area contributed by atoms with Crippen LogP contribution in [0.5, 0.6) is 0 Å². The van der Waals surface area contributed by atoms with Crippen molar-refractivity contribution in [3.63, 3.8) is 0 Å². The first-order valence-corrected chi connectivity index (χ1v) is 7.28. The summed E-state index contributed by atoms with van der Waals surface area (Å²) in [5, 5.41) is 0. The molecule has 0 radical (unpaired) electrons. The SMILES string of the molecule is CSC(=C(N)c1cccc(C)c1)[S+](C)[O-]. The van der Waals surface area contributed by atoms with E-state index in [9.17, 15) is 4.55 Å². The second-order valence-corrected chi connectivity index (χ2v) is 5.62.